The van der Waals surface area contributed by atoms with Crippen molar-refractivity contribution in [2.75, 3.05) is 4.72 Å². The summed E-state index contributed by atoms with van der Waals surface area (Å²) in [7, 11) is -4.14. The molecule has 0 saturated carbocycles. The highest BCUT2D eigenvalue weighted by Crippen LogP contribution is 2.30. The number of sulfonamides is 1. The molecule has 0 atom stereocenters. The fourth-order valence-electron chi connectivity index (χ4n) is 1.95. The first-order chi connectivity index (χ1) is 12.1. The van der Waals surface area contributed by atoms with E-state index >= 15 is 0 Å². The summed E-state index contributed by atoms with van der Waals surface area (Å²) < 4.78 is 27.2. The van der Waals surface area contributed by atoms with E-state index in [9.17, 15) is 18.0 Å². The monoisotopic (exact) mass is 415 g/mol. The Balaban J connectivity index is 2.36. The molecule has 0 amide bonds. The number of aliphatic carboxylic acids is 1. The van der Waals surface area contributed by atoms with E-state index in [1.807, 2.05) is 0 Å². The number of halogens is 2. The van der Waals surface area contributed by atoms with Crippen LogP contribution < -0.4 is 4.72 Å². The lowest BCUT2D eigenvalue weighted by molar-refractivity contribution is -0.135. The molecule has 2 aromatic rings. The number of carboxylic acids is 1. The molecule has 0 aliphatic rings. The van der Waals surface area contributed by atoms with Crippen LogP contribution in [0, 0.1) is 0 Å². The van der Waals surface area contributed by atoms with Crippen LogP contribution in [0.2, 0.25) is 10.0 Å². The zero-order valence-electron chi connectivity index (χ0n) is 12.8. The first kappa shape index (κ1) is 19.8. The zero-order chi connectivity index (χ0) is 19.5. The number of ketones is 1. The first-order valence-electron chi connectivity index (χ1n) is 6.87. The summed E-state index contributed by atoms with van der Waals surface area (Å²) in [5.41, 5.74) is -0.0155. The molecular weight excluding hydrogens is 405 g/mol. The molecule has 0 unspecified atom stereocenters. The molecule has 0 heterocycles. The van der Waals surface area contributed by atoms with Crippen molar-refractivity contribution in [2.45, 2.75) is 4.90 Å². The van der Waals surface area contributed by atoms with Crippen LogP contribution >= 0.6 is 23.2 Å². The van der Waals surface area contributed by atoms with Gasteiger partial charge in [-0.25, -0.2) is 13.2 Å². The van der Waals surface area contributed by atoms with Crippen molar-refractivity contribution in [2.24, 2.45) is 0 Å². The fraction of sp³-hybridized carbons (Fsp3) is 0. The van der Waals surface area contributed by atoms with Crippen LogP contribution in [0.15, 0.2) is 59.2 Å². The maximum atomic E-state index is 12.5. The van der Waals surface area contributed by atoms with Gasteiger partial charge in [0, 0.05) is 17.3 Å². The summed E-state index contributed by atoms with van der Waals surface area (Å²) in [4.78, 5) is 22.2. The minimum Gasteiger partial charge on any atom is -0.502 e. The molecule has 0 saturated heterocycles. The third-order valence-corrected chi connectivity index (χ3v) is 5.41. The lowest BCUT2D eigenvalue weighted by Gasteiger charge is -2.11. The predicted molar refractivity (Wildman–Crippen MR) is 96.4 cm³/mol. The molecule has 0 fully saturated rings. The number of hydrogen-bond donors (Lipinski definition) is 3. The van der Waals surface area contributed by atoms with Crippen LogP contribution in [0.5, 0.6) is 0 Å². The minimum absolute atomic E-state index is 0.0232. The van der Waals surface area contributed by atoms with Crippen LogP contribution in [-0.4, -0.2) is 30.4 Å². The molecule has 0 radical (unpaired) electrons. The van der Waals surface area contributed by atoms with Gasteiger partial charge in [0.05, 0.1) is 10.0 Å². The fourth-order valence-corrected chi connectivity index (χ4v) is 4.15. The number of aliphatic hydroxyl groups excluding tert-OH is 1. The number of rotatable bonds is 6. The summed E-state index contributed by atoms with van der Waals surface area (Å²) >= 11 is 11.8. The molecule has 0 spiro atoms. The van der Waals surface area contributed by atoms with Crippen LogP contribution in [0.1, 0.15) is 10.4 Å². The van der Waals surface area contributed by atoms with E-state index in [0.29, 0.717) is 6.08 Å². The van der Waals surface area contributed by atoms with Gasteiger partial charge in [-0.3, -0.25) is 9.52 Å². The maximum Gasteiger partial charge on any atom is 0.371 e. The number of hydrogen-bond acceptors (Lipinski definition) is 5. The minimum atomic E-state index is -4.14. The van der Waals surface area contributed by atoms with Crippen molar-refractivity contribution in [1.82, 2.24) is 0 Å². The number of benzene rings is 2. The highest BCUT2D eigenvalue weighted by atomic mass is 35.5. The Hall–Kier alpha value is -2.55. The quantitative estimate of drug-likeness (QED) is 0.377. The second-order valence-corrected chi connectivity index (χ2v) is 7.37. The van der Waals surface area contributed by atoms with Gasteiger partial charge in [0.1, 0.15) is 4.90 Å². The molecule has 2 rings (SSSR count). The molecule has 10 heteroatoms. The van der Waals surface area contributed by atoms with Gasteiger partial charge in [-0.15, -0.1) is 0 Å². The van der Waals surface area contributed by atoms with E-state index in [2.05, 4.69) is 4.72 Å². The van der Waals surface area contributed by atoms with E-state index in [0.717, 1.165) is 0 Å². The average molecular weight is 416 g/mol. The number of anilines is 1. The topological polar surface area (TPSA) is 121 Å². The number of allylic oxidation sites excluding steroid dienone is 1. The van der Waals surface area contributed by atoms with Crippen molar-refractivity contribution in [3.8, 4) is 0 Å². The van der Waals surface area contributed by atoms with Gasteiger partial charge in [-0.2, -0.15) is 0 Å². The van der Waals surface area contributed by atoms with Crippen molar-refractivity contribution in [3.05, 3.63) is 69.9 Å². The Labute approximate surface area is 158 Å². The third-order valence-electron chi connectivity index (χ3n) is 3.07. The van der Waals surface area contributed by atoms with Crippen molar-refractivity contribution in [3.63, 3.8) is 0 Å². The molecule has 2 aromatic carbocycles. The van der Waals surface area contributed by atoms with Crippen molar-refractivity contribution >= 4 is 50.7 Å². The number of carbonyl (C=O) groups is 2. The number of carbonyl (C=O) groups excluding carboxylic acids is 1. The number of nitrogens with one attached hydrogen (secondary N) is 1. The van der Waals surface area contributed by atoms with Crippen LogP contribution in [-0.2, 0) is 14.8 Å². The van der Waals surface area contributed by atoms with E-state index in [-0.39, 0.29) is 26.2 Å². The molecule has 136 valence electrons. The SMILES string of the molecule is O=C(O)/C(O)=C\C(=O)c1cccc(NS(=O)(=O)c2c(Cl)cccc2Cl)c1. The van der Waals surface area contributed by atoms with Gasteiger partial charge >= 0.3 is 5.97 Å². The zero-order valence-corrected chi connectivity index (χ0v) is 15.1. The van der Waals surface area contributed by atoms with E-state index in [1.54, 1.807) is 0 Å². The second-order valence-electron chi connectivity index (χ2n) is 4.94. The average Bonchev–Trinajstić information content (AvgIpc) is 2.54. The normalized spacial score (nSPS) is 11.8. The van der Waals surface area contributed by atoms with Gasteiger partial charge in [-0.05, 0) is 24.3 Å². The molecule has 7 nitrogen and oxygen atoms in total. The van der Waals surface area contributed by atoms with Gasteiger partial charge < -0.3 is 10.2 Å². The predicted octanol–water partition coefficient (Wildman–Crippen LogP) is 3.50. The Morgan fingerprint density at radius 1 is 1.00 bits per heavy atom. The summed E-state index contributed by atoms with van der Waals surface area (Å²) in [5.74, 6) is -3.62. The van der Waals surface area contributed by atoms with Crippen LogP contribution in [0.4, 0.5) is 5.69 Å². The number of carboxylic acid groups (broad SMARTS) is 1. The largest absolute Gasteiger partial charge is 0.502 e. The molecule has 0 aliphatic heterocycles. The van der Waals surface area contributed by atoms with E-state index in [1.165, 1.54) is 42.5 Å². The highest BCUT2D eigenvalue weighted by Gasteiger charge is 2.22. The molecule has 3 N–H and O–H groups in total. The van der Waals surface area contributed by atoms with Gasteiger partial charge in [-0.1, -0.05) is 41.4 Å². The van der Waals surface area contributed by atoms with Crippen molar-refractivity contribution in [1.29, 1.82) is 0 Å². The molecule has 0 aliphatic carbocycles. The molecule has 0 bridgehead atoms. The molecule has 26 heavy (non-hydrogen) atoms. The third kappa shape index (κ3) is 4.54. The Morgan fingerprint density at radius 2 is 1.58 bits per heavy atom. The smallest absolute Gasteiger partial charge is 0.371 e. The van der Waals surface area contributed by atoms with Crippen molar-refractivity contribution < 1.29 is 28.2 Å². The Kier molecular flexibility index (Phi) is 5.91. The summed E-state index contributed by atoms with van der Waals surface area (Å²) in [5, 5.41) is 17.5. The molecule has 0 aromatic heterocycles. The van der Waals surface area contributed by atoms with Crippen LogP contribution in [0.25, 0.3) is 0 Å². The highest BCUT2D eigenvalue weighted by molar-refractivity contribution is 7.93. The van der Waals surface area contributed by atoms with Gasteiger partial charge in [0.15, 0.2) is 5.78 Å². The van der Waals surface area contributed by atoms with Gasteiger partial charge in [0.2, 0.25) is 5.76 Å². The lowest BCUT2D eigenvalue weighted by Crippen LogP contribution is -2.14. The van der Waals surface area contributed by atoms with E-state index < -0.39 is 27.5 Å². The van der Waals surface area contributed by atoms with Crippen LogP contribution in [0.3, 0.4) is 0 Å². The Morgan fingerprint density at radius 3 is 2.15 bits per heavy atom. The Bertz CT molecular complexity index is 997. The summed E-state index contributed by atoms with van der Waals surface area (Å²) in [6.45, 7) is 0. The summed E-state index contributed by atoms with van der Waals surface area (Å²) in [6.07, 6.45) is 0.515. The first-order valence-corrected chi connectivity index (χ1v) is 9.11. The summed E-state index contributed by atoms with van der Waals surface area (Å²) in [6, 6.07) is 9.47. The lowest BCUT2D eigenvalue weighted by atomic mass is 10.1. The van der Waals surface area contributed by atoms with Gasteiger partial charge in [0.25, 0.3) is 10.0 Å². The number of aliphatic hydroxyl groups is 1. The molecular formula is C16H11Cl2NO6S. The van der Waals surface area contributed by atoms with E-state index in [4.69, 9.17) is 33.4 Å². The second kappa shape index (κ2) is 7.77. The maximum absolute atomic E-state index is 12.5. The standard InChI is InChI=1S/C16H11Cl2NO6S/c17-11-5-2-6-12(18)15(11)26(24,25)19-10-4-1-3-9(7-10)13(20)8-14(21)16(22)23/h1-8,19,21H,(H,22,23)/b14-8+.